The Morgan fingerprint density at radius 3 is 1.67 bits per heavy atom. The highest BCUT2D eigenvalue weighted by atomic mass is 16.5. The van der Waals surface area contributed by atoms with E-state index in [-0.39, 0.29) is 5.92 Å². The first-order valence-corrected chi connectivity index (χ1v) is 15.6. The summed E-state index contributed by atoms with van der Waals surface area (Å²) in [4.78, 5) is 2.14. The van der Waals surface area contributed by atoms with Gasteiger partial charge in [-0.2, -0.15) is 0 Å². The van der Waals surface area contributed by atoms with Crippen LogP contribution >= 0.6 is 0 Å². The second-order valence-electron chi connectivity index (χ2n) is 12.0. The smallest absolute Gasteiger partial charge is 0.199 e. The van der Waals surface area contributed by atoms with Crippen LogP contribution < -0.4 is 14.4 Å². The van der Waals surface area contributed by atoms with Crippen LogP contribution in [0.5, 0.6) is 11.5 Å². The van der Waals surface area contributed by atoms with E-state index in [0.717, 1.165) is 11.5 Å². The van der Waals surface area contributed by atoms with Crippen molar-refractivity contribution in [3.8, 4) is 11.5 Å². The van der Waals surface area contributed by atoms with Gasteiger partial charge < -0.3 is 14.4 Å². The molecule has 0 saturated heterocycles. The van der Waals surface area contributed by atoms with Gasteiger partial charge in [-0.3, -0.25) is 0 Å². The second-order valence-corrected chi connectivity index (χ2v) is 12.0. The van der Waals surface area contributed by atoms with E-state index in [1.807, 2.05) is 24.3 Å². The van der Waals surface area contributed by atoms with E-state index in [4.69, 9.17) is 9.47 Å². The minimum absolute atomic E-state index is 0.0184. The molecular formula is C42H41N2O2+. The highest BCUT2D eigenvalue weighted by molar-refractivity contribution is 6.06. The van der Waals surface area contributed by atoms with Gasteiger partial charge in [-0.05, 0) is 98.3 Å². The molecule has 0 unspecified atom stereocenters. The summed E-state index contributed by atoms with van der Waals surface area (Å²) in [6, 6.07) is 39.2. The van der Waals surface area contributed by atoms with Crippen molar-refractivity contribution in [2.75, 3.05) is 47.3 Å². The Labute approximate surface area is 272 Å². The molecule has 4 nitrogen and oxygen atoms in total. The van der Waals surface area contributed by atoms with Crippen LogP contribution in [-0.4, -0.2) is 52.7 Å². The molecule has 0 amide bonds. The molecule has 0 atom stereocenters. The summed E-state index contributed by atoms with van der Waals surface area (Å²) in [6.45, 7) is 0. The summed E-state index contributed by atoms with van der Waals surface area (Å²) in [7, 11) is 11.7. The predicted molar refractivity (Wildman–Crippen MR) is 193 cm³/mol. The van der Waals surface area contributed by atoms with Gasteiger partial charge in [-0.15, -0.1) is 0 Å². The van der Waals surface area contributed by atoms with Gasteiger partial charge in [0, 0.05) is 37.9 Å². The van der Waals surface area contributed by atoms with Crippen LogP contribution in [0, 0.1) is 0 Å². The molecule has 5 aromatic carbocycles. The molecule has 0 saturated carbocycles. The number of nitrogens with zero attached hydrogens (tertiary/aromatic N) is 2. The number of rotatable bonds is 8. The van der Waals surface area contributed by atoms with Crippen molar-refractivity contribution in [3.63, 3.8) is 0 Å². The lowest BCUT2D eigenvalue weighted by Gasteiger charge is -2.24. The first-order chi connectivity index (χ1) is 22.4. The van der Waals surface area contributed by atoms with Gasteiger partial charge in [0.2, 0.25) is 0 Å². The third-order valence-corrected chi connectivity index (χ3v) is 8.76. The summed E-state index contributed by atoms with van der Waals surface area (Å²) in [6.07, 6.45) is 8.90. The molecule has 0 aromatic heterocycles. The standard InChI is InChI=1S/C42H41N2O2/c1-43(2)34-21-13-30(14-22-34)40(31-15-23-35(24-16-31)44(3)4)38-11-7-9-29-10-8-12-39(42(29)38)41(32-17-25-36(45-5)26-18-32)33-19-27-37(46-6)28-20-33/h7-28,41H,1-6H3/q+1. The van der Waals surface area contributed by atoms with Gasteiger partial charge in [-0.25, -0.2) is 4.58 Å². The lowest BCUT2D eigenvalue weighted by Crippen LogP contribution is -2.10. The fraction of sp³-hybridized carbons (Fsp3) is 0.167. The van der Waals surface area contributed by atoms with Crippen LogP contribution in [0.2, 0.25) is 0 Å². The quantitative estimate of drug-likeness (QED) is 0.131. The maximum Gasteiger partial charge on any atom is 0.199 e. The summed E-state index contributed by atoms with van der Waals surface area (Å²) in [5, 5.41) is 2.44. The number of fused-ring (bicyclic) bond motifs is 1. The van der Waals surface area contributed by atoms with E-state index in [1.54, 1.807) is 14.2 Å². The summed E-state index contributed by atoms with van der Waals surface area (Å²) in [5.41, 5.74) is 10.7. The molecule has 0 aliphatic heterocycles. The Balaban J connectivity index is 1.64. The number of hydrogen-bond acceptors (Lipinski definition) is 3. The van der Waals surface area contributed by atoms with Crippen LogP contribution in [-0.2, 0) is 0 Å². The van der Waals surface area contributed by atoms with Gasteiger partial charge in [0.15, 0.2) is 5.71 Å². The number of benzene rings is 5. The molecule has 0 N–H and O–H groups in total. The normalized spacial score (nSPS) is 12.5. The molecule has 6 rings (SSSR count). The zero-order chi connectivity index (χ0) is 32.2. The SMILES string of the molecule is COc1ccc(C(c2ccc(OC)cc2)c2cccc3cccc(C(=C4C=CC(=[N+](C)C)C=C4)c4ccc(N(C)C)cc4)c23)cc1. The molecule has 0 spiro atoms. The van der Waals surface area contributed by atoms with Crippen molar-refractivity contribution in [1.82, 2.24) is 0 Å². The van der Waals surface area contributed by atoms with E-state index in [2.05, 4.69) is 147 Å². The Kier molecular flexibility index (Phi) is 8.89. The van der Waals surface area contributed by atoms with Crippen LogP contribution in [0.15, 0.2) is 139 Å². The van der Waals surface area contributed by atoms with Crippen LogP contribution in [0.3, 0.4) is 0 Å². The van der Waals surface area contributed by atoms with Crippen molar-refractivity contribution >= 4 is 27.7 Å². The van der Waals surface area contributed by atoms with Gasteiger partial charge in [-0.1, -0.05) is 72.8 Å². The van der Waals surface area contributed by atoms with E-state index in [9.17, 15) is 0 Å². The molecule has 0 bridgehead atoms. The van der Waals surface area contributed by atoms with Crippen LogP contribution in [0.25, 0.3) is 16.3 Å². The zero-order valence-corrected chi connectivity index (χ0v) is 27.5. The Morgan fingerprint density at radius 1 is 0.630 bits per heavy atom. The van der Waals surface area contributed by atoms with Crippen molar-refractivity contribution in [2.24, 2.45) is 0 Å². The zero-order valence-electron chi connectivity index (χ0n) is 27.5. The summed E-state index contributed by atoms with van der Waals surface area (Å²) in [5.74, 6) is 1.66. The first kappa shape index (κ1) is 30.7. The topological polar surface area (TPSA) is 24.7 Å². The number of allylic oxidation sites excluding steroid dienone is 5. The first-order valence-electron chi connectivity index (χ1n) is 15.6. The number of ether oxygens (including phenoxy) is 2. The summed E-state index contributed by atoms with van der Waals surface area (Å²) < 4.78 is 13.2. The average Bonchev–Trinajstić information content (AvgIpc) is 3.09. The molecule has 5 aromatic rings. The fourth-order valence-electron chi connectivity index (χ4n) is 6.29. The summed E-state index contributed by atoms with van der Waals surface area (Å²) >= 11 is 0. The maximum atomic E-state index is 5.53. The van der Waals surface area contributed by atoms with Crippen molar-refractivity contribution in [3.05, 3.63) is 167 Å². The number of anilines is 1. The van der Waals surface area contributed by atoms with Gasteiger partial charge in [0.05, 0.1) is 14.2 Å². The average molecular weight is 606 g/mol. The largest absolute Gasteiger partial charge is 0.497 e. The predicted octanol–water partition coefficient (Wildman–Crippen LogP) is 8.74. The Hall–Kier alpha value is -5.35. The molecule has 46 heavy (non-hydrogen) atoms. The molecule has 230 valence electrons. The minimum Gasteiger partial charge on any atom is -0.497 e. The molecular weight excluding hydrogens is 564 g/mol. The van der Waals surface area contributed by atoms with E-state index in [0.29, 0.717) is 0 Å². The van der Waals surface area contributed by atoms with Crippen molar-refractivity contribution < 1.29 is 14.0 Å². The molecule has 0 radical (unpaired) electrons. The van der Waals surface area contributed by atoms with Gasteiger partial charge >= 0.3 is 0 Å². The monoisotopic (exact) mass is 605 g/mol. The maximum absolute atomic E-state index is 5.53. The van der Waals surface area contributed by atoms with E-state index >= 15 is 0 Å². The number of hydrogen-bond donors (Lipinski definition) is 0. The lowest BCUT2D eigenvalue weighted by molar-refractivity contribution is -0.462. The highest BCUT2D eigenvalue weighted by Crippen LogP contribution is 2.42. The molecule has 0 heterocycles. The molecule has 0 fully saturated rings. The fourth-order valence-corrected chi connectivity index (χ4v) is 6.29. The second kappa shape index (κ2) is 13.3. The third kappa shape index (κ3) is 6.12. The Morgan fingerprint density at radius 2 is 1.17 bits per heavy atom. The van der Waals surface area contributed by atoms with Crippen molar-refractivity contribution in [1.29, 1.82) is 0 Å². The van der Waals surface area contributed by atoms with Crippen LogP contribution in [0.1, 0.15) is 33.7 Å². The molecule has 1 aliphatic rings. The lowest BCUT2D eigenvalue weighted by atomic mass is 9.79. The van der Waals surface area contributed by atoms with Crippen LogP contribution in [0.4, 0.5) is 5.69 Å². The van der Waals surface area contributed by atoms with E-state index in [1.165, 1.54) is 61.1 Å². The molecule has 4 heteroatoms. The van der Waals surface area contributed by atoms with E-state index < -0.39 is 0 Å². The van der Waals surface area contributed by atoms with Gasteiger partial charge in [0.1, 0.15) is 25.6 Å². The van der Waals surface area contributed by atoms with Gasteiger partial charge in [0.25, 0.3) is 0 Å². The third-order valence-electron chi connectivity index (χ3n) is 8.76. The molecule has 1 aliphatic carbocycles. The Bertz CT molecular complexity index is 1900. The van der Waals surface area contributed by atoms with Crippen molar-refractivity contribution in [2.45, 2.75) is 5.92 Å². The minimum atomic E-state index is -0.0184. The number of methoxy groups -OCH3 is 2. The highest BCUT2D eigenvalue weighted by Gasteiger charge is 2.23.